The number of carboxylic acids is 1. The van der Waals surface area contributed by atoms with E-state index in [9.17, 15) is 19.5 Å². The minimum atomic E-state index is -1.21. The second kappa shape index (κ2) is 9.34. The molecule has 0 aliphatic carbocycles. The Kier molecular flexibility index (Phi) is 6.06. The second-order valence-electron chi connectivity index (χ2n) is 8.01. The van der Waals surface area contributed by atoms with Crippen molar-refractivity contribution in [1.29, 1.82) is 0 Å². The molecule has 0 saturated carbocycles. The second-order valence-corrected chi connectivity index (χ2v) is 9.12. The molecule has 12 nitrogen and oxygen atoms in total. The molecule has 0 spiro atoms. The van der Waals surface area contributed by atoms with Crippen molar-refractivity contribution in [2.75, 3.05) is 18.6 Å². The molecule has 2 aliphatic heterocycles. The SMILES string of the molecule is CO/N=C(\C(=O)NC1C(=O)N2C(C(=O)O)=C(Cc3nccc4ccccc34)CS[C@H]12)c1cc(N)on1. The van der Waals surface area contributed by atoms with Crippen LogP contribution >= 0.6 is 11.8 Å². The van der Waals surface area contributed by atoms with E-state index in [0.29, 0.717) is 11.3 Å². The third-order valence-corrected chi connectivity index (χ3v) is 7.18. The van der Waals surface area contributed by atoms with Crippen LogP contribution < -0.4 is 11.1 Å². The van der Waals surface area contributed by atoms with Gasteiger partial charge in [0.25, 0.3) is 11.8 Å². The van der Waals surface area contributed by atoms with Crippen LogP contribution in [-0.2, 0) is 25.6 Å². The monoisotopic (exact) mass is 508 g/mol. The van der Waals surface area contributed by atoms with Crippen LogP contribution in [0.15, 0.2) is 63.5 Å². The highest BCUT2D eigenvalue weighted by atomic mass is 32.2. The van der Waals surface area contributed by atoms with E-state index in [4.69, 9.17) is 15.1 Å². The average Bonchev–Trinajstić information content (AvgIpc) is 3.31. The maximum Gasteiger partial charge on any atom is 0.352 e. The van der Waals surface area contributed by atoms with E-state index in [0.717, 1.165) is 16.5 Å². The van der Waals surface area contributed by atoms with E-state index in [1.54, 1.807) is 6.20 Å². The standard InChI is InChI=1S/C23H20N6O6S/c1-34-28-17(15-9-16(24)35-27-15)20(30)26-18-21(31)29-19(23(32)33)12(10-36-22(18)29)8-14-13-5-3-2-4-11(13)6-7-25-14/h2-7,9,18,22H,8,10,24H2,1H3,(H,26,30)(H,32,33)/b28-17-/t18?,22-/m1/s1. The predicted octanol–water partition coefficient (Wildman–Crippen LogP) is 1.14. The number of hydrogen-bond acceptors (Lipinski definition) is 10. The van der Waals surface area contributed by atoms with Crippen molar-refractivity contribution in [1.82, 2.24) is 20.4 Å². The normalized spacial score (nSPS) is 19.6. The van der Waals surface area contributed by atoms with Crippen LogP contribution in [0, 0.1) is 0 Å². The number of rotatable bonds is 7. The molecule has 2 atom stereocenters. The Bertz CT molecular complexity index is 1440. The molecule has 1 saturated heterocycles. The quantitative estimate of drug-likeness (QED) is 0.238. The zero-order valence-electron chi connectivity index (χ0n) is 18.9. The Hall–Kier alpha value is -4.39. The van der Waals surface area contributed by atoms with Gasteiger partial charge in [-0.25, -0.2) is 4.79 Å². The van der Waals surface area contributed by atoms with E-state index >= 15 is 0 Å². The summed E-state index contributed by atoms with van der Waals surface area (Å²) < 4.78 is 4.78. The zero-order chi connectivity index (χ0) is 25.4. The first-order chi connectivity index (χ1) is 17.4. The van der Waals surface area contributed by atoms with Crippen molar-refractivity contribution >= 4 is 51.9 Å². The Balaban J connectivity index is 1.38. The minimum absolute atomic E-state index is 0.0280. The number of oxime groups is 1. The lowest BCUT2D eigenvalue weighted by Gasteiger charge is -2.49. The third-order valence-electron chi connectivity index (χ3n) is 5.84. The molecule has 4 heterocycles. The molecular formula is C23H20N6O6S. The molecule has 2 aliphatic rings. The van der Waals surface area contributed by atoms with Gasteiger partial charge >= 0.3 is 5.97 Å². The Morgan fingerprint density at radius 3 is 2.89 bits per heavy atom. The lowest BCUT2D eigenvalue weighted by atomic mass is 9.98. The molecule has 0 bridgehead atoms. The van der Waals surface area contributed by atoms with Crippen molar-refractivity contribution in [3.8, 4) is 0 Å². The van der Waals surface area contributed by atoms with Crippen LogP contribution in [0.25, 0.3) is 10.8 Å². The number of nitrogens with zero attached hydrogens (tertiary/aromatic N) is 4. The van der Waals surface area contributed by atoms with Crippen molar-refractivity contribution in [3.63, 3.8) is 0 Å². The van der Waals surface area contributed by atoms with Crippen molar-refractivity contribution in [2.45, 2.75) is 17.8 Å². The van der Waals surface area contributed by atoms with Crippen LogP contribution in [0.4, 0.5) is 5.88 Å². The van der Waals surface area contributed by atoms with Gasteiger partial charge in [0, 0.05) is 29.8 Å². The predicted molar refractivity (Wildman–Crippen MR) is 130 cm³/mol. The largest absolute Gasteiger partial charge is 0.477 e. The maximum absolute atomic E-state index is 13.0. The molecule has 1 fully saturated rings. The fourth-order valence-electron chi connectivity index (χ4n) is 4.25. The van der Waals surface area contributed by atoms with E-state index in [2.05, 4.69) is 20.6 Å². The zero-order valence-corrected chi connectivity index (χ0v) is 19.7. The number of β-lactam (4-membered cyclic amide) rings is 1. The summed E-state index contributed by atoms with van der Waals surface area (Å²) in [6.45, 7) is 0. The highest BCUT2D eigenvalue weighted by Crippen LogP contribution is 2.41. The molecule has 184 valence electrons. The number of anilines is 1. The topological polar surface area (TPSA) is 173 Å². The molecule has 4 N–H and O–H groups in total. The van der Waals surface area contributed by atoms with Gasteiger partial charge in [-0.15, -0.1) is 11.8 Å². The number of benzene rings is 1. The van der Waals surface area contributed by atoms with Crippen LogP contribution in [0.2, 0.25) is 0 Å². The van der Waals surface area contributed by atoms with E-state index in [1.165, 1.54) is 29.8 Å². The van der Waals surface area contributed by atoms with Crippen molar-refractivity contribution in [3.05, 3.63) is 65.3 Å². The molecular weight excluding hydrogens is 488 g/mol. The number of thioether (sulfide) groups is 1. The summed E-state index contributed by atoms with van der Waals surface area (Å²) in [5, 5.41) is 21.2. The Labute approximate surface area is 208 Å². The van der Waals surface area contributed by atoms with Crippen molar-refractivity contribution < 1.29 is 28.9 Å². The summed E-state index contributed by atoms with van der Waals surface area (Å²) in [6.07, 6.45) is 1.96. The van der Waals surface area contributed by atoms with Gasteiger partial charge in [0.1, 0.15) is 29.9 Å². The van der Waals surface area contributed by atoms with Crippen LogP contribution in [0.3, 0.4) is 0 Å². The number of nitrogen functional groups attached to an aromatic ring is 1. The van der Waals surface area contributed by atoms with Gasteiger partial charge in [0.15, 0.2) is 5.71 Å². The summed E-state index contributed by atoms with van der Waals surface area (Å²) in [5.74, 6) is -2.17. The Morgan fingerprint density at radius 2 is 2.17 bits per heavy atom. The van der Waals surface area contributed by atoms with Gasteiger partial charge in [-0.1, -0.05) is 34.6 Å². The number of pyridine rings is 1. The lowest BCUT2D eigenvalue weighted by molar-refractivity contribution is -0.150. The first-order valence-corrected chi connectivity index (χ1v) is 11.8. The van der Waals surface area contributed by atoms with Gasteiger partial charge in [-0.05, 0) is 17.0 Å². The smallest absolute Gasteiger partial charge is 0.352 e. The molecule has 2 aromatic heterocycles. The van der Waals surface area contributed by atoms with E-state index in [1.807, 2.05) is 30.3 Å². The maximum atomic E-state index is 13.0. The average molecular weight is 509 g/mol. The minimum Gasteiger partial charge on any atom is -0.477 e. The summed E-state index contributed by atoms with van der Waals surface area (Å²) in [5.41, 5.74) is 6.53. The van der Waals surface area contributed by atoms with Gasteiger partial charge in [0.05, 0.1) is 5.69 Å². The number of aliphatic carboxylic acids is 1. The van der Waals surface area contributed by atoms with Crippen molar-refractivity contribution in [2.24, 2.45) is 5.16 Å². The number of amides is 2. The number of hydrogen-bond donors (Lipinski definition) is 3. The van der Waals surface area contributed by atoms with Gasteiger partial charge in [-0.3, -0.25) is 19.5 Å². The van der Waals surface area contributed by atoms with Gasteiger partial charge in [-0.2, -0.15) is 0 Å². The summed E-state index contributed by atoms with van der Waals surface area (Å²) in [4.78, 5) is 48.5. The first kappa shape index (κ1) is 23.4. The highest BCUT2D eigenvalue weighted by Gasteiger charge is 2.54. The molecule has 36 heavy (non-hydrogen) atoms. The number of carbonyl (C=O) groups excluding carboxylic acids is 2. The fraction of sp³-hybridized carbons (Fsp3) is 0.217. The van der Waals surface area contributed by atoms with E-state index < -0.39 is 29.2 Å². The molecule has 1 aromatic carbocycles. The van der Waals surface area contributed by atoms with Crippen LogP contribution in [0.1, 0.15) is 11.4 Å². The first-order valence-electron chi connectivity index (χ1n) is 10.8. The molecule has 13 heteroatoms. The number of carbonyl (C=O) groups is 3. The number of aromatic nitrogens is 2. The summed E-state index contributed by atoms with van der Waals surface area (Å²) in [7, 11) is 1.25. The highest BCUT2D eigenvalue weighted by molar-refractivity contribution is 8.00. The van der Waals surface area contributed by atoms with Crippen LogP contribution in [-0.4, -0.2) is 67.9 Å². The van der Waals surface area contributed by atoms with E-state index in [-0.39, 0.29) is 29.4 Å². The molecule has 1 unspecified atom stereocenters. The molecule has 0 radical (unpaired) electrons. The summed E-state index contributed by atoms with van der Waals surface area (Å²) in [6, 6.07) is 9.92. The molecule has 2 amide bonds. The molecule has 5 rings (SSSR count). The van der Waals surface area contributed by atoms with Gasteiger partial charge < -0.3 is 25.5 Å². The fourth-order valence-corrected chi connectivity index (χ4v) is 5.60. The third kappa shape index (κ3) is 4.02. The number of fused-ring (bicyclic) bond motifs is 2. The van der Waals surface area contributed by atoms with Crippen LogP contribution in [0.5, 0.6) is 0 Å². The number of nitrogens with two attached hydrogens (primary N) is 1. The molecule has 3 aromatic rings. The summed E-state index contributed by atoms with van der Waals surface area (Å²) >= 11 is 1.36. The Morgan fingerprint density at radius 1 is 1.36 bits per heavy atom. The van der Waals surface area contributed by atoms with Gasteiger partial charge in [0.2, 0.25) is 5.88 Å². The number of nitrogens with one attached hydrogen (secondary N) is 1. The number of carboxylic acid groups (broad SMARTS) is 1. The lowest BCUT2D eigenvalue weighted by Crippen LogP contribution is -2.71.